The quantitative estimate of drug-likeness (QED) is 0.196. The third kappa shape index (κ3) is 8.06. The summed E-state index contributed by atoms with van der Waals surface area (Å²) in [5.74, 6) is 4.07. The lowest BCUT2D eigenvalue weighted by Crippen LogP contribution is -2.45. The first-order chi connectivity index (χ1) is 15.6. The predicted octanol–water partition coefficient (Wildman–Crippen LogP) is 3.54. The van der Waals surface area contributed by atoms with E-state index in [1.807, 2.05) is 42.5 Å². The van der Waals surface area contributed by atoms with Crippen molar-refractivity contribution in [2.75, 3.05) is 59.5 Å². The Morgan fingerprint density at radius 2 is 1.61 bits per heavy atom. The molecule has 0 spiro atoms. The van der Waals surface area contributed by atoms with Gasteiger partial charge in [-0.25, -0.2) is 0 Å². The zero-order valence-electron chi connectivity index (χ0n) is 19.8. The van der Waals surface area contributed by atoms with Gasteiger partial charge in [0, 0.05) is 56.6 Å². The Labute approximate surface area is 213 Å². The molecule has 3 rings (SSSR count). The molecular formula is C24H35IN4O4. The van der Waals surface area contributed by atoms with E-state index < -0.39 is 0 Å². The monoisotopic (exact) mass is 570 g/mol. The van der Waals surface area contributed by atoms with Crippen LogP contribution in [-0.4, -0.2) is 66.6 Å². The van der Waals surface area contributed by atoms with Crippen molar-refractivity contribution in [2.45, 2.75) is 18.9 Å². The highest BCUT2D eigenvalue weighted by Gasteiger charge is 2.24. The van der Waals surface area contributed by atoms with Gasteiger partial charge in [0.05, 0.1) is 27.9 Å². The maximum atomic E-state index is 5.77. The smallest absolute Gasteiger partial charge is 0.191 e. The highest BCUT2D eigenvalue weighted by atomic mass is 127. The fourth-order valence-corrected chi connectivity index (χ4v) is 3.62. The molecule has 1 unspecified atom stereocenters. The largest absolute Gasteiger partial charge is 0.497 e. The van der Waals surface area contributed by atoms with Gasteiger partial charge in [0.1, 0.15) is 23.0 Å². The molecule has 0 aromatic heterocycles. The molecule has 1 aliphatic heterocycles. The number of aliphatic imine (C=N–C) groups is 1. The minimum atomic E-state index is 0. The van der Waals surface area contributed by atoms with Gasteiger partial charge in [0.15, 0.2) is 5.96 Å². The Morgan fingerprint density at radius 3 is 2.21 bits per heavy atom. The van der Waals surface area contributed by atoms with Gasteiger partial charge in [-0.15, -0.1) is 24.0 Å². The maximum absolute atomic E-state index is 5.77. The molecule has 2 aromatic rings. The van der Waals surface area contributed by atoms with E-state index in [0.717, 1.165) is 67.1 Å². The van der Waals surface area contributed by atoms with Gasteiger partial charge < -0.3 is 34.5 Å². The zero-order valence-corrected chi connectivity index (χ0v) is 22.1. The third-order valence-electron chi connectivity index (χ3n) is 5.40. The minimum absolute atomic E-state index is 0. The van der Waals surface area contributed by atoms with Crippen LogP contribution in [-0.2, 0) is 0 Å². The standard InChI is InChI=1S/C24H34N4O4.HI/c1-25-24(26-11-5-13-32-21-8-6-20(29-2)7-9-21)27-18-10-12-28(17-18)19-14-22(30-3)16-23(15-19)31-4;/h6-9,14-16,18H,5,10-13,17H2,1-4H3,(H2,25,26,27);1H. The highest BCUT2D eigenvalue weighted by Crippen LogP contribution is 2.30. The Balaban J connectivity index is 0.00000385. The van der Waals surface area contributed by atoms with Gasteiger partial charge >= 0.3 is 0 Å². The summed E-state index contributed by atoms with van der Waals surface area (Å²) >= 11 is 0. The van der Waals surface area contributed by atoms with Crippen LogP contribution in [0.15, 0.2) is 47.5 Å². The number of nitrogens with zero attached hydrogens (tertiary/aromatic N) is 2. The van der Waals surface area contributed by atoms with Gasteiger partial charge in [-0.05, 0) is 37.1 Å². The van der Waals surface area contributed by atoms with Crippen LogP contribution < -0.4 is 34.5 Å². The molecule has 1 fully saturated rings. The number of rotatable bonds is 10. The van der Waals surface area contributed by atoms with E-state index in [1.54, 1.807) is 28.4 Å². The number of halogens is 1. The number of methoxy groups -OCH3 is 3. The van der Waals surface area contributed by atoms with E-state index in [4.69, 9.17) is 18.9 Å². The van der Waals surface area contributed by atoms with Gasteiger partial charge in [0.2, 0.25) is 0 Å². The van der Waals surface area contributed by atoms with Crippen molar-refractivity contribution in [3.8, 4) is 23.0 Å². The minimum Gasteiger partial charge on any atom is -0.497 e. The van der Waals surface area contributed by atoms with Crippen molar-refractivity contribution in [2.24, 2.45) is 4.99 Å². The van der Waals surface area contributed by atoms with Gasteiger partial charge in [0.25, 0.3) is 0 Å². The van der Waals surface area contributed by atoms with Crippen molar-refractivity contribution < 1.29 is 18.9 Å². The molecular weight excluding hydrogens is 535 g/mol. The lowest BCUT2D eigenvalue weighted by atomic mass is 10.2. The molecule has 1 heterocycles. The number of guanidine groups is 1. The average molecular weight is 570 g/mol. The third-order valence-corrected chi connectivity index (χ3v) is 5.40. The summed E-state index contributed by atoms with van der Waals surface area (Å²) in [7, 11) is 6.79. The van der Waals surface area contributed by atoms with E-state index >= 15 is 0 Å². The van der Waals surface area contributed by atoms with E-state index in [2.05, 4.69) is 20.5 Å². The summed E-state index contributed by atoms with van der Waals surface area (Å²) < 4.78 is 21.7. The molecule has 0 radical (unpaired) electrons. The van der Waals surface area contributed by atoms with Crippen molar-refractivity contribution in [3.05, 3.63) is 42.5 Å². The molecule has 2 aromatic carbocycles. The van der Waals surface area contributed by atoms with Gasteiger partial charge in [-0.2, -0.15) is 0 Å². The molecule has 0 aliphatic carbocycles. The van der Waals surface area contributed by atoms with Gasteiger partial charge in [-0.1, -0.05) is 0 Å². The second-order valence-corrected chi connectivity index (χ2v) is 7.52. The molecule has 1 saturated heterocycles. The molecule has 0 amide bonds. The van der Waals surface area contributed by atoms with Crippen LogP contribution in [0.3, 0.4) is 0 Å². The molecule has 182 valence electrons. The molecule has 9 heteroatoms. The van der Waals surface area contributed by atoms with Crippen LogP contribution in [0.25, 0.3) is 0 Å². The number of anilines is 1. The first-order valence-electron chi connectivity index (χ1n) is 10.9. The molecule has 8 nitrogen and oxygen atoms in total. The number of ether oxygens (including phenoxy) is 4. The van der Waals surface area contributed by atoms with Crippen molar-refractivity contribution in [3.63, 3.8) is 0 Å². The van der Waals surface area contributed by atoms with Crippen LogP contribution in [0.1, 0.15) is 12.8 Å². The van der Waals surface area contributed by atoms with E-state index in [-0.39, 0.29) is 24.0 Å². The Morgan fingerprint density at radius 1 is 0.970 bits per heavy atom. The summed E-state index contributed by atoms with van der Waals surface area (Å²) in [5.41, 5.74) is 1.10. The van der Waals surface area contributed by atoms with E-state index in [0.29, 0.717) is 12.6 Å². The second kappa shape index (κ2) is 13.9. The van der Waals surface area contributed by atoms with Crippen LogP contribution in [0, 0.1) is 0 Å². The van der Waals surface area contributed by atoms with Crippen molar-refractivity contribution in [1.29, 1.82) is 0 Å². The maximum Gasteiger partial charge on any atom is 0.191 e. The molecule has 0 saturated carbocycles. The van der Waals surface area contributed by atoms with Crippen LogP contribution >= 0.6 is 24.0 Å². The predicted molar refractivity (Wildman–Crippen MR) is 143 cm³/mol. The Hall–Kier alpha value is -2.56. The van der Waals surface area contributed by atoms with Gasteiger partial charge in [-0.3, -0.25) is 4.99 Å². The zero-order chi connectivity index (χ0) is 22.8. The number of nitrogens with one attached hydrogen (secondary N) is 2. The normalized spacial score (nSPS) is 15.5. The molecule has 0 bridgehead atoms. The first kappa shape index (κ1) is 26.7. The Bertz CT molecular complexity index is 857. The number of hydrogen-bond donors (Lipinski definition) is 2. The van der Waals surface area contributed by atoms with Crippen molar-refractivity contribution >= 4 is 35.6 Å². The lowest BCUT2D eigenvalue weighted by molar-refractivity contribution is 0.310. The summed E-state index contributed by atoms with van der Waals surface area (Å²) in [6, 6.07) is 13.9. The highest BCUT2D eigenvalue weighted by molar-refractivity contribution is 14.0. The van der Waals surface area contributed by atoms with Crippen LogP contribution in [0.5, 0.6) is 23.0 Å². The molecule has 1 atom stereocenters. The number of benzene rings is 2. The molecule has 1 aliphatic rings. The van der Waals surface area contributed by atoms with E-state index in [1.165, 1.54) is 0 Å². The fourth-order valence-electron chi connectivity index (χ4n) is 3.62. The van der Waals surface area contributed by atoms with Crippen molar-refractivity contribution in [1.82, 2.24) is 10.6 Å². The number of hydrogen-bond acceptors (Lipinski definition) is 6. The molecule has 2 N–H and O–H groups in total. The second-order valence-electron chi connectivity index (χ2n) is 7.52. The summed E-state index contributed by atoms with van der Waals surface area (Å²) in [5, 5.41) is 6.90. The SMILES string of the molecule is CN=C(NCCCOc1ccc(OC)cc1)NC1CCN(c2cc(OC)cc(OC)c2)C1.I. The summed E-state index contributed by atoms with van der Waals surface area (Å²) in [6.07, 6.45) is 1.90. The Kier molecular flexibility index (Phi) is 11.2. The first-order valence-corrected chi connectivity index (χ1v) is 10.9. The summed E-state index contributed by atoms with van der Waals surface area (Å²) in [6.45, 7) is 3.25. The van der Waals surface area contributed by atoms with E-state index in [9.17, 15) is 0 Å². The average Bonchev–Trinajstić information content (AvgIpc) is 3.31. The van der Waals surface area contributed by atoms with Crippen LogP contribution in [0.2, 0.25) is 0 Å². The summed E-state index contributed by atoms with van der Waals surface area (Å²) in [4.78, 5) is 6.69. The molecule has 33 heavy (non-hydrogen) atoms. The fraction of sp³-hybridized carbons (Fsp3) is 0.458. The lowest BCUT2D eigenvalue weighted by Gasteiger charge is -2.21. The topological polar surface area (TPSA) is 76.6 Å². The van der Waals surface area contributed by atoms with Crippen LogP contribution in [0.4, 0.5) is 5.69 Å².